The van der Waals surface area contributed by atoms with Crippen molar-refractivity contribution < 1.29 is 27.9 Å². The summed E-state index contributed by atoms with van der Waals surface area (Å²) in [6, 6.07) is 4.22. The molecule has 0 aliphatic rings. The highest BCUT2D eigenvalue weighted by Gasteiger charge is 2.36. The summed E-state index contributed by atoms with van der Waals surface area (Å²) in [4.78, 5) is 22.4. The Balaban J connectivity index is 2.77. The highest BCUT2D eigenvalue weighted by atomic mass is 19.4. The minimum Gasteiger partial charge on any atom is -0.480 e. The Labute approximate surface area is 113 Å². The first kappa shape index (κ1) is 16.0. The van der Waals surface area contributed by atoms with Gasteiger partial charge in [-0.05, 0) is 24.1 Å². The lowest BCUT2D eigenvalue weighted by Crippen LogP contribution is -2.43. The number of carboxylic acids is 1. The Morgan fingerprint density at radius 2 is 1.80 bits per heavy atom. The Morgan fingerprint density at radius 3 is 2.20 bits per heavy atom. The van der Waals surface area contributed by atoms with Gasteiger partial charge in [-0.3, -0.25) is 4.79 Å². The molecule has 4 nitrogen and oxygen atoms in total. The molecule has 0 heterocycles. The largest absolute Gasteiger partial charge is 0.480 e. The first-order chi connectivity index (χ1) is 9.23. The van der Waals surface area contributed by atoms with E-state index in [1.807, 2.05) is 12.2 Å². The summed E-state index contributed by atoms with van der Waals surface area (Å²) in [7, 11) is 0. The molecule has 0 aliphatic carbocycles. The summed E-state index contributed by atoms with van der Waals surface area (Å²) in [6.07, 6.45) is -5.52. The number of amides is 1. The minimum atomic E-state index is -4.66. The summed E-state index contributed by atoms with van der Waals surface area (Å²) < 4.78 is 36.6. The third kappa shape index (κ3) is 4.91. The number of halogens is 3. The SMILES string of the molecule is CCc1ccc(C(=O)NC(CC(F)(F)F)C(=O)O)cc1. The normalized spacial score (nSPS) is 12.8. The van der Waals surface area contributed by atoms with Crippen LogP contribution in [0.1, 0.15) is 29.3 Å². The van der Waals surface area contributed by atoms with Crippen molar-refractivity contribution in [2.75, 3.05) is 0 Å². The second-order valence-corrected chi connectivity index (χ2v) is 4.23. The van der Waals surface area contributed by atoms with E-state index in [-0.39, 0.29) is 5.56 Å². The number of aryl methyl sites for hydroxylation is 1. The molecule has 1 rings (SSSR count). The molecule has 0 fully saturated rings. The predicted molar refractivity (Wildman–Crippen MR) is 65.4 cm³/mol. The molecule has 1 atom stereocenters. The molecule has 0 spiro atoms. The van der Waals surface area contributed by atoms with E-state index in [9.17, 15) is 22.8 Å². The van der Waals surface area contributed by atoms with Gasteiger partial charge >= 0.3 is 12.1 Å². The van der Waals surface area contributed by atoms with Crippen molar-refractivity contribution in [3.8, 4) is 0 Å². The van der Waals surface area contributed by atoms with Crippen LogP contribution in [0.4, 0.5) is 13.2 Å². The molecule has 0 aliphatic heterocycles. The number of carbonyl (C=O) groups excluding carboxylic acids is 1. The van der Waals surface area contributed by atoms with Crippen molar-refractivity contribution in [3.63, 3.8) is 0 Å². The Hall–Kier alpha value is -2.05. The standard InChI is InChI=1S/C13H14F3NO3/c1-2-8-3-5-9(6-4-8)11(18)17-10(12(19)20)7-13(14,15)16/h3-6,10H,2,7H2,1H3,(H,17,18)(H,19,20). The van der Waals surface area contributed by atoms with Crippen LogP contribution in [0, 0.1) is 0 Å². The molecule has 1 aromatic carbocycles. The third-order valence-electron chi connectivity index (χ3n) is 2.66. The van der Waals surface area contributed by atoms with E-state index in [2.05, 4.69) is 0 Å². The van der Waals surface area contributed by atoms with Crippen molar-refractivity contribution in [1.82, 2.24) is 5.32 Å². The average Bonchev–Trinajstić information content (AvgIpc) is 2.36. The van der Waals surface area contributed by atoms with Crippen LogP contribution in [0.25, 0.3) is 0 Å². The number of rotatable bonds is 5. The molecule has 1 amide bonds. The Morgan fingerprint density at radius 1 is 1.25 bits per heavy atom. The van der Waals surface area contributed by atoms with E-state index in [1.54, 1.807) is 12.1 Å². The predicted octanol–water partition coefficient (Wildman–Crippen LogP) is 2.38. The zero-order valence-corrected chi connectivity index (χ0v) is 10.7. The summed E-state index contributed by atoms with van der Waals surface area (Å²) in [6.45, 7) is 1.92. The number of carbonyl (C=O) groups is 2. The van der Waals surface area contributed by atoms with E-state index in [4.69, 9.17) is 5.11 Å². The van der Waals surface area contributed by atoms with Gasteiger partial charge in [-0.25, -0.2) is 4.79 Å². The molecule has 0 radical (unpaired) electrons. The average molecular weight is 289 g/mol. The van der Waals surface area contributed by atoms with Crippen LogP contribution in [-0.4, -0.2) is 29.2 Å². The number of carboxylic acid groups (broad SMARTS) is 1. The lowest BCUT2D eigenvalue weighted by molar-refractivity contribution is -0.157. The molecule has 2 N–H and O–H groups in total. The zero-order valence-electron chi connectivity index (χ0n) is 10.7. The van der Waals surface area contributed by atoms with Gasteiger partial charge in [0.25, 0.3) is 5.91 Å². The maximum atomic E-state index is 12.2. The van der Waals surface area contributed by atoms with Crippen LogP contribution in [-0.2, 0) is 11.2 Å². The molecule has 1 aromatic rings. The van der Waals surface area contributed by atoms with Crippen molar-refractivity contribution in [2.45, 2.75) is 32.0 Å². The van der Waals surface area contributed by atoms with Crippen LogP contribution in [0.3, 0.4) is 0 Å². The fraction of sp³-hybridized carbons (Fsp3) is 0.385. The Kier molecular flexibility index (Phi) is 5.12. The second kappa shape index (κ2) is 6.40. The summed E-state index contributed by atoms with van der Waals surface area (Å²) in [5.41, 5.74) is 1.09. The minimum absolute atomic E-state index is 0.121. The van der Waals surface area contributed by atoms with E-state index in [0.29, 0.717) is 0 Å². The molecule has 1 unspecified atom stereocenters. The van der Waals surface area contributed by atoms with Gasteiger partial charge in [-0.2, -0.15) is 13.2 Å². The van der Waals surface area contributed by atoms with Crippen LogP contribution in [0.5, 0.6) is 0 Å². The topological polar surface area (TPSA) is 66.4 Å². The van der Waals surface area contributed by atoms with Crippen LogP contribution < -0.4 is 5.32 Å². The molecule has 0 bridgehead atoms. The van der Waals surface area contributed by atoms with E-state index in [1.165, 1.54) is 12.1 Å². The molecule has 0 aromatic heterocycles. The van der Waals surface area contributed by atoms with Gasteiger partial charge in [-0.1, -0.05) is 19.1 Å². The van der Waals surface area contributed by atoms with Gasteiger partial charge in [0, 0.05) is 5.56 Å². The number of alkyl halides is 3. The van der Waals surface area contributed by atoms with Gasteiger partial charge in [0.1, 0.15) is 6.04 Å². The maximum Gasteiger partial charge on any atom is 0.391 e. The van der Waals surface area contributed by atoms with Crippen molar-refractivity contribution in [1.29, 1.82) is 0 Å². The van der Waals surface area contributed by atoms with Crippen LogP contribution in [0.15, 0.2) is 24.3 Å². The number of aliphatic carboxylic acids is 1. The summed E-state index contributed by atoms with van der Waals surface area (Å²) in [5, 5.41) is 10.6. The van der Waals surface area contributed by atoms with E-state index < -0.39 is 30.5 Å². The maximum absolute atomic E-state index is 12.2. The molecule has 20 heavy (non-hydrogen) atoms. The quantitative estimate of drug-likeness (QED) is 0.874. The van der Waals surface area contributed by atoms with Gasteiger partial charge in [0.2, 0.25) is 0 Å². The summed E-state index contributed by atoms with van der Waals surface area (Å²) in [5.74, 6) is -2.56. The number of benzene rings is 1. The highest BCUT2D eigenvalue weighted by Crippen LogP contribution is 2.21. The molecule has 110 valence electrons. The lowest BCUT2D eigenvalue weighted by atomic mass is 10.1. The smallest absolute Gasteiger partial charge is 0.391 e. The van der Waals surface area contributed by atoms with E-state index >= 15 is 0 Å². The van der Waals surface area contributed by atoms with Gasteiger partial charge in [-0.15, -0.1) is 0 Å². The van der Waals surface area contributed by atoms with Crippen molar-refractivity contribution in [3.05, 3.63) is 35.4 Å². The van der Waals surface area contributed by atoms with Gasteiger partial charge in [0.15, 0.2) is 0 Å². The molecule has 0 saturated heterocycles. The summed E-state index contributed by atoms with van der Waals surface area (Å²) >= 11 is 0. The second-order valence-electron chi connectivity index (χ2n) is 4.23. The van der Waals surface area contributed by atoms with Crippen molar-refractivity contribution >= 4 is 11.9 Å². The lowest BCUT2D eigenvalue weighted by Gasteiger charge is -2.16. The highest BCUT2D eigenvalue weighted by molar-refractivity contribution is 5.96. The molecule has 0 saturated carbocycles. The van der Waals surface area contributed by atoms with Gasteiger partial charge in [0.05, 0.1) is 6.42 Å². The fourth-order valence-electron chi connectivity index (χ4n) is 1.56. The van der Waals surface area contributed by atoms with Gasteiger partial charge < -0.3 is 10.4 Å². The zero-order chi connectivity index (χ0) is 15.3. The van der Waals surface area contributed by atoms with Crippen LogP contribution in [0.2, 0.25) is 0 Å². The first-order valence-electron chi connectivity index (χ1n) is 5.92. The molecular formula is C13H14F3NO3. The van der Waals surface area contributed by atoms with Crippen LogP contribution >= 0.6 is 0 Å². The number of nitrogens with one attached hydrogen (secondary N) is 1. The first-order valence-corrected chi connectivity index (χ1v) is 5.92. The monoisotopic (exact) mass is 289 g/mol. The Bertz CT molecular complexity index is 483. The van der Waals surface area contributed by atoms with E-state index in [0.717, 1.165) is 12.0 Å². The van der Waals surface area contributed by atoms with Crippen molar-refractivity contribution in [2.24, 2.45) is 0 Å². The number of hydrogen-bond donors (Lipinski definition) is 2. The number of hydrogen-bond acceptors (Lipinski definition) is 2. The molecule has 7 heteroatoms. The molecular weight excluding hydrogens is 275 g/mol. The third-order valence-corrected chi connectivity index (χ3v) is 2.66. The fourth-order valence-corrected chi connectivity index (χ4v) is 1.56.